The van der Waals surface area contributed by atoms with E-state index in [1.807, 2.05) is 24.4 Å². The van der Waals surface area contributed by atoms with E-state index in [2.05, 4.69) is 14.9 Å². The number of rotatable bonds is 4. The lowest BCUT2D eigenvalue weighted by molar-refractivity contribution is -0.121. The minimum atomic E-state index is 0.0865. The molecule has 2 aromatic heterocycles. The molecule has 6 heteroatoms. The molecule has 0 aliphatic carbocycles. The molecule has 0 aromatic carbocycles. The lowest BCUT2D eigenvalue weighted by Gasteiger charge is -2.34. The van der Waals surface area contributed by atoms with Crippen molar-refractivity contribution >= 4 is 11.6 Å². The third-order valence-electron chi connectivity index (χ3n) is 3.67. The molecular weight excluding hydrogens is 280 g/mol. The van der Waals surface area contributed by atoms with Crippen LogP contribution in [0.1, 0.15) is 5.56 Å². The number of carbonyl (C=O) groups is 1. The molecule has 6 nitrogen and oxygen atoms in total. The van der Waals surface area contributed by atoms with E-state index in [1.165, 1.54) is 0 Å². The summed E-state index contributed by atoms with van der Waals surface area (Å²) in [6, 6.07) is 7.56. The third-order valence-corrected chi connectivity index (χ3v) is 3.67. The molecule has 2 aromatic rings. The summed E-state index contributed by atoms with van der Waals surface area (Å²) in [6.07, 6.45) is 5.25. The SMILES string of the molecule is COc1cc(N2CCN(Cc3cccnc3)CC2=O)ccn1. The highest BCUT2D eigenvalue weighted by Gasteiger charge is 2.25. The summed E-state index contributed by atoms with van der Waals surface area (Å²) < 4.78 is 5.11. The van der Waals surface area contributed by atoms with Crippen LogP contribution >= 0.6 is 0 Å². The van der Waals surface area contributed by atoms with Crippen molar-refractivity contribution in [3.05, 3.63) is 48.4 Å². The Labute approximate surface area is 129 Å². The first kappa shape index (κ1) is 14.5. The third kappa shape index (κ3) is 3.23. The van der Waals surface area contributed by atoms with Crippen molar-refractivity contribution in [2.45, 2.75) is 6.54 Å². The average Bonchev–Trinajstić information content (AvgIpc) is 2.56. The molecule has 0 bridgehead atoms. The summed E-state index contributed by atoms with van der Waals surface area (Å²) in [5, 5.41) is 0. The Hall–Kier alpha value is -2.47. The zero-order chi connectivity index (χ0) is 15.4. The van der Waals surface area contributed by atoms with Crippen molar-refractivity contribution in [2.75, 3.05) is 31.6 Å². The van der Waals surface area contributed by atoms with Gasteiger partial charge < -0.3 is 9.64 Å². The van der Waals surface area contributed by atoms with Gasteiger partial charge in [-0.2, -0.15) is 0 Å². The second-order valence-corrected chi connectivity index (χ2v) is 5.17. The molecule has 0 atom stereocenters. The van der Waals surface area contributed by atoms with Gasteiger partial charge in [0.25, 0.3) is 0 Å². The molecule has 114 valence electrons. The molecule has 1 amide bonds. The van der Waals surface area contributed by atoms with E-state index in [4.69, 9.17) is 4.74 Å². The van der Waals surface area contributed by atoms with Crippen LogP contribution in [0.15, 0.2) is 42.9 Å². The van der Waals surface area contributed by atoms with E-state index in [0.717, 1.165) is 24.3 Å². The standard InChI is InChI=1S/C16H18N4O2/c1-22-15-9-14(4-6-18-15)20-8-7-19(12-16(20)21)11-13-3-2-5-17-10-13/h2-6,9-10H,7-8,11-12H2,1H3. The Balaban J connectivity index is 1.66. The first-order valence-corrected chi connectivity index (χ1v) is 7.18. The smallest absolute Gasteiger partial charge is 0.241 e. The van der Waals surface area contributed by atoms with Crippen molar-refractivity contribution in [1.82, 2.24) is 14.9 Å². The van der Waals surface area contributed by atoms with Crippen LogP contribution in [0.25, 0.3) is 0 Å². The quantitative estimate of drug-likeness (QED) is 0.852. The van der Waals surface area contributed by atoms with Crippen LogP contribution in [0.3, 0.4) is 0 Å². The van der Waals surface area contributed by atoms with E-state index < -0.39 is 0 Å². The Kier molecular flexibility index (Phi) is 4.29. The average molecular weight is 298 g/mol. The Bertz CT molecular complexity index is 648. The number of hydrogen-bond donors (Lipinski definition) is 0. The summed E-state index contributed by atoms with van der Waals surface area (Å²) in [6.45, 7) is 2.63. The minimum absolute atomic E-state index is 0.0865. The van der Waals surface area contributed by atoms with Gasteiger partial charge >= 0.3 is 0 Å². The highest BCUT2D eigenvalue weighted by atomic mass is 16.5. The van der Waals surface area contributed by atoms with Crippen molar-refractivity contribution in [1.29, 1.82) is 0 Å². The number of carbonyl (C=O) groups excluding carboxylic acids is 1. The molecule has 0 N–H and O–H groups in total. The van der Waals surface area contributed by atoms with Gasteiger partial charge in [-0.05, 0) is 17.7 Å². The highest BCUT2D eigenvalue weighted by molar-refractivity contribution is 5.95. The number of aromatic nitrogens is 2. The molecule has 0 spiro atoms. The summed E-state index contributed by atoms with van der Waals surface area (Å²) >= 11 is 0. The number of amides is 1. The predicted molar refractivity (Wildman–Crippen MR) is 82.7 cm³/mol. The van der Waals surface area contributed by atoms with Crippen molar-refractivity contribution in [3.8, 4) is 5.88 Å². The number of hydrogen-bond acceptors (Lipinski definition) is 5. The van der Waals surface area contributed by atoms with Crippen LogP contribution in [0.5, 0.6) is 5.88 Å². The van der Waals surface area contributed by atoms with Crippen LogP contribution in [0, 0.1) is 0 Å². The van der Waals surface area contributed by atoms with E-state index in [1.54, 1.807) is 30.5 Å². The number of nitrogens with zero attached hydrogens (tertiary/aromatic N) is 4. The predicted octanol–water partition coefficient (Wildman–Crippen LogP) is 1.33. The first-order valence-electron chi connectivity index (χ1n) is 7.18. The van der Waals surface area contributed by atoms with Gasteiger partial charge in [0.15, 0.2) is 0 Å². The van der Waals surface area contributed by atoms with E-state index in [9.17, 15) is 4.79 Å². The highest BCUT2D eigenvalue weighted by Crippen LogP contribution is 2.21. The fourth-order valence-corrected chi connectivity index (χ4v) is 2.56. The van der Waals surface area contributed by atoms with Crippen LogP contribution < -0.4 is 9.64 Å². The maximum absolute atomic E-state index is 12.4. The van der Waals surface area contributed by atoms with Crippen molar-refractivity contribution in [3.63, 3.8) is 0 Å². The van der Waals surface area contributed by atoms with Gasteiger partial charge in [-0.15, -0.1) is 0 Å². The van der Waals surface area contributed by atoms with E-state index >= 15 is 0 Å². The molecule has 0 saturated carbocycles. The van der Waals surface area contributed by atoms with Crippen LogP contribution in [0.4, 0.5) is 5.69 Å². The zero-order valence-corrected chi connectivity index (χ0v) is 12.5. The summed E-state index contributed by atoms with van der Waals surface area (Å²) in [7, 11) is 1.57. The number of anilines is 1. The second-order valence-electron chi connectivity index (χ2n) is 5.17. The molecule has 1 saturated heterocycles. The second kappa shape index (κ2) is 6.53. The maximum Gasteiger partial charge on any atom is 0.241 e. The summed E-state index contributed by atoms with van der Waals surface area (Å²) in [5.74, 6) is 0.603. The van der Waals surface area contributed by atoms with Gasteiger partial charge in [-0.3, -0.25) is 14.7 Å². The lowest BCUT2D eigenvalue weighted by Crippen LogP contribution is -2.50. The molecular formula is C16H18N4O2. The fourth-order valence-electron chi connectivity index (χ4n) is 2.56. The lowest BCUT2D eigenvalue weighted by atomic mass is 10.2. The summed E-state index contributed by atoms with van der Waals surface area (Å²) in [5.41, 5.74) is 1.95. The van der Waals surface area contributed by atoms with E-state index in [-0.39, 0.29) is 5.91 Å². The maximum atomic E-state index is 12.4. The van der Waals surface area contributed by atoms with Gasteiger partial charge in [0.05, 0.1) is 19.3 Å². The van der Waals surface area contributed by atoms with Gasteiger partial charge in [0.1, 0.15) is 0 Å². The molecule has 1 aliphatic rings. The van der Waals surface area contributed by atoms with Crippen LogP contribution in [-0.2, 0) is 11.3 Å². The Morgan fingerprint density at radius 1 is 1.27 bits per heavy atom. The van der Waals surface area contributed by atoms with Gasteiger partial charge in [0.2, 0.25) is 11.8 Å². The zero-order valence-electron chi connectivity index (χ0n) is 12.5. The molecule has 0 unspecified atom stereocenters. The van der Waals surface area contributed by atoms with Crippen molar-refractivity contribution in [2.24, 2.45) is 0 Å². The summed E-state index contributed by atoms with van der Waals surface area (Å²) in [4.78, 5) is 24.5. The molecule has 22 heavy (non-hydrogen) atoms. The number of methoxy groups -OCH3 is 1. The molecule has 0 radical (unpaired) electrons. The van der Waals surface area contributed by atoms with Gasteiger partial charge in [0, 0.05) is 44.3 Å². The largest absolute Gasteiger partial charge is 0.481 e. The first-order chi connectivity index (χ1) is 10.8. The minimum Gasteiger partial charge on any atom is -0.481 e. The monoisotopic (exact) mass is 298 g/mol. The van der Waals surface area contributed by atoms with Crippen molar-refractivity contribution < 1.29 is 9.53 Å². The fraction of sp³-hybridized carbons (Fsp3) is 0.312. The van der Waals surface area contributed by atoms with Crippen LogP contribution in [-0.4, -0.2) is 47.5 Å². The van der Waals surface area contributed by atoms with Gasteiger partial charge in [-0.1, -0.05) is 6.07 Å². The Morgan fingerprint density at radius 3 is 2.91 bits per heavy atom. The molecule has 1 aliphatic heterocycles. The number of pyridine rings is 2. The Morgan fingerprint density at radius 2 is 2.18 bits per heavy atom. The van der Waals surface area contributed by atoms with Crippen LogP contribution in [0.2, 0.25) is 0 Å². The normalized spacial score (nSPS) is 15.9. The number of piperazine rings is 1. The molecule has 3 heterocycles. The van der Waals surface area contributed by atoms with E-state index in [0.29, 0.717) is 19.0 Å². The molecule has 1 fully saturated rings. The van der Waals surface area contributed by atoms with Gasteiger partial charge in [-0.25, -0.2) is 4.98 Å². The topological polar surface area (TPSA) is 58.6 Å². The number of ether oxygens (including phenoxy) is 1. The molecule has 3 rings (SSSR count).